The Morgan fingerprint density at radius 1 is 0.630 bits per heavy atom. The molecule has 0 fully saturated rings. The zero-order chi connectivity index (χ0) is 37.2. The molecule has 8 rings (SSSR count). The van der Waals surface area contributed by atoms with Gasteiger partial charge in [-0.2, -0.15) is 0 Å². The number of hydrogen-bond acceptors (Lipinski definition) is 3. The fraction of sp³-hybridized carbons (Fsp3) is 0.0980. The first-order chi connectivity index (χ1) is 26.2. The van der Waals surface area contributed by atoms with E-state index in [1.165, 1.54) is 10.8 Å². The van der Waals surface area contributed by atoms with Crippen molar-refractivity contribution in [3.05, 3.63) is 199 Å². The van der Waals surface area contributed by atoms with Crippen LogP contribution in [0.15, 0.2) is 186 Å². The summed E-state index contributed by atoms with van der Waals surface area (Å²) in [5.74, 6) is 0.743. The average Bonchev–Trinajstić information content (AvgIpc) is 3.66. The average molecular weight is 699 g/mol. The van der Waals surface area contributed by atoms with Gasteiger partial charge in [0, 0.05) is 16.5 Å². The molecule has 1 aromatic heterocycles. The van der Waals surface area contributed by atoms with Gasteiger partial charge in [0.05, 0.1) is 11.4 Å². The quantitative estimate of drug-likeness (QED) is 0.148. The molecule has 54 heavy (non-hydrogen) atoms. The maximum atomic E-state index is 6.11. The number of nitrogens with zero attached hydrogens (tertiary/aromatic N) is 2. The Morgan fingerprint density at radius 3 is 2.07 bits per heavy atom. The van der Waals surface area contributed by atoms with Crippen LogP contribution < -0.4 is 0 Å². The third-order valence-electron chi connectivity index (χ3n) is 9.88. The lowest BCUT2D eigenvalue weighted by atomic mass is 9.86. The van der Waals surface area contributed by atoms with Crippen molar-refractivity contribution in [1.29, 1.82) is 0 Å². The van der Waals surface area contributed by atoms with Gasteiger partial charge in [0.2, 0.25) is 5.89 Å². The largest absolute Gasteiger partial charge is 0.440 e. The third-order valence-corrected chi connectivity index (χ3v) is 9.88. The summed E-state index contributed by atoms with van der Waals surface area (Å²) in [6.45, 7) is 13.1. The number of fused-ring (bicyclic) bond motifs is 2. The number of hydrogen-bond donors (Lipinski definition) is 0. The highest BCUT2D eigenvalue weighted by molar-refractivity contribution is 6.14. The van der Waals surface area contributed by atoms with E-state index in [-0.39, 0.29) is 5.41 Å². The molecular formula is C51H42N2O. The van der Waals surface area contributed by atoms with Crippen molar-refractivity contribution >= 4 is 38.9 Å². The van der Waals surface area contributed by atoms with E-state index in [0.29, 0.717) is 5.70 Å². The summed E-state index contributed by atoms with van der Waals surface area (Å²) in [5.41, 5.74) is 14.1. The Balaban J connectivity index is 1.26. The molecule has 0 unspecified atom stereocenters. The molecule has 7 aromatic carbocycles. The van der Waals surface area contributed by atoms with Gasteiger partial charge in [-0.05, 0) is 86.5 Å². The number of aliphatic imine (C=N–C) groups is 1. The first-order valence-corrected chi connectivity index (χ1v) is 18.4. The molecule has 0 radical (unpaired) electrons. The van der Waals surface area contributed by atoms with Gasteiger partial charge in [-0.15, -0.1) is 0 Å². The van der Waals surface area contributed by atoms with Gasteiger partial charge in [-0.25, -0.2) is 9.98 Å². The lowest BCUT2D eigenvalue weighted by Gasteiger charge is -2.18. The Bertz CT molecular complexity index is 2710. The zero-order valence-corrected chi connectivity index (χ0v) is 31.2. The fourth-order valence-electron chi connectivity index (χ4n) is 7.03. The van der Waals surface area contributed by atoms with E-state index in [9.17, 15) is 0 Å². The molecule has 0 saturated carbocycles. The highest BCUT2D eigenvalue weighted by Gasteiger charge is 2.21. The number of aromatic nitrogens is 1. The smallest absolute Gasteiger partial charge is 0.200 e. The van der Waals surface area contributed by atoms with Crippen LogP contribution in [-0.2, 0) is 5.41 Å². The van der Waals surface area contributed by atoms with Crippen molar-refractivity contribution in [2.45, 2.75) is 33.1 Å². The highest BCUT2D eigenvalue weighted by atomic mass is 16.3. The minimum atomic E-state index is -0.167. The second-order valence-electron chi connectivity index (χ2n) is 14.8. The molecule has 0 N–H and O–H groups in total. The Labute approximate surface area is 317 Å². The Kier molecular flexibility index (Phi) is 9.23. The first kappa shape index (κ1) is 34.5. The van der Waals surface area contributed by atoms with Gasteiger partial charge in [0.25, 0.3) is 0 Å². The normalized spacial score (nSPS) is 12.4. The van der Waals surface area contributed by atoms with Gasteiger partial charge in [0.15, 0.2) is 5.58 Å². The van der Waals surface area contributed by atoms with Crippen molar-refractivity contribution in [2.75, 3.05) is 0 Å². The molecule has 0 atom stereocenters. The van der Waals surface area contributed by atoms with Crippen LogP contribution in [0.1, 0.15) is 50.3 Å². The summed E-state index contributed by atoms with van der Waals surface area (Å²) in [4.78, 5) is 10.1. The molecule has 0 aliphatic carbocycles. The number of benzene rings is 7. The number of rotatable bonds is 8. The van der Waals surface area contributed by atoms with Crippen LogP contribution in [0.2, 0.25) is 0 Å². The maximum absolute atomic E-state index is 6.11. The Morgan fingerprint density at radius 2 is 1.30 bits per heavy atom. The van der Waals surface area contributed by atoms with E-state index in [2.05, 4.69) is 186 Å². The van der Waals surface area contributed by atoms with Crippen molar-refractivity contribution in [1.82, 2.24) is 4.98 Å². The summed E-state index contributed by atoms with van der Waals surface area (Å²) in [5, 5.41) is 2.35. The monoisotopic (exact) mass is 698 g/mol. The van der Waals surface area contributed by atoms with Crippen LogP contribution in [0.4, 0.5) is 0 Å². The van der Waals surface area contributed by atoms with Crippen LogP contribution in [0.3, 0.4) is 0 Å². The molecule has 0 bridgehead atoms. The molecule has 0 amide bonds. The SMILES string of the molecule is C=C(/N=C(\C=C(/C)c1ccccc1)c1ccccc1)c1ccccc1-c1c(-c2cccc(-c3ccc4oc(C(C)(C)C)nc4c3)c2)ccc2ccccc12. The van der Waals surface area contributed by atoms with E-state index in [4.69, 9.17) is 14.4 Å². The first-order valence-electron chi connectivity index (χ1n) is 18.4. The molecular weight excluding hydrogens is 657 g/mol. The molecule has 0 spiro atoms. The summed E-state index contributed by atoms with van der Waals surface area (Å²) in [7, 11) is 0. The van der Waals surface area contributed by atoms with Gasteiger partial charge < -0.3 is 4.42 Å². The zero-order valence-electron chi connectivity index (χ0n) is 31.2. The van der Waals surface area contributed by atoms with Gasteiger partial charge in [-0.1, -0.05) is 173 Å². The minimum absolute atomic E-state index is 0.167. The van der Waals surface area contributed by atoms with E-state index in [1.807, 2.05) is 18.2 Å². The van der Waals surface area contributed by atoms with Gasteiger partial charge in [-0.3, -0.25) is 0 Å². The molecule has 3 heteroatoms. The van der Waals surface area contributed by atoms with Crippen molar-refractivity contribution in [2.24, 2.45) is 4.99 Å². The van der Waals surface area contributed by atoms with Gasteiger partial charge in [0.1, 0.15) is 5.52 Å². The second kappa shape index (κ2) is 14.4. The maximum Gasteiger partial charge on any atom is 0.200 e. The van der Waals surface area contributed by atoms with Crippen molar-refractivity contribution in [3.63, 3.8) is 0 Å². The molecule has 1 heterocycles. The molecule has 262 valence electrons. The topological polar surface area (TPSA) is 38.4 Å². The molecule has 3 nitrogen and oxygen atoms in total. The Hall–Kier alpha value is -6.58. The van der Waals surface area contributed by atoms with E-state index >= 15 is 0 Å². The van der Waals surface area contributed by atoms with Crippen molar-refractivity contribution < 1.29 is 4.42 Å². The van der Waals surface area contributed by atoms with Gasteiger partial charge >= 0.3 is 0 Å². The molecule has 0 aliphatic heterocycles. The van der Waals surface area contributed by atoms with Crippen LogP contribution in [0.25, 0.3) is 66.5 Å². The fourth-order valence-corrected chi connectivity index (χ4v) is 7.03. The van der Waals surface area contributed by atoms with E-state index < -0.39 is 0 Å². The third kappa shape index (κ3) is 6.97. The summed E-state index contributed by atoms with van der Waals surface area (Å²) < 4.78 is 6.11. The summed E-state index contributed by atoms with van der Waals surface area (Å²) >= 11 is 0. The molecule has 0 aliphatic rings. The predicted molar refractivity (Wildman–Crippen MR) is 229 cm³/mol. The second-order valence-corrected chi connectivity index (χ2v) is 14.8. The minimum Gasteiger partial charge on any atom is -0.440 e. The molecule has 8 aromatic rings. The van der Waals surface area contributed by atoms with Crippen LogP contribution >= 0.6 is 0 Å². The number of oxazole rings is 1. The van der Waals surface area contributed by atoms with E-state index in [1.54, 1.807) is 0 Å². The van der Waals surface area contributed by atoms with Crippen LogP contribution in [-0.4, -0.2) is 10.7 Å². The van der Waals surface area contributed by atoms with E-state index in [0.717, 1.165) is 78.3 Å². The van der Waals surface area contributed by atoms with Crippen LogP contribution in [0, 0.1) is 0 Å². The lowest BCUT2D eigenvalue weighted by molar-refractivity contribution is 0.411. The predicted octanol–water partition coefficient (Wildman–Crippen LogP) is 13.8. The van der Waals surface area contributed by atoms with Crippen LogP contribution in [0.5, 0.6) is 0 Å². The highest BCUT2D eigenvalue weighted by Crippen LogP contribution is 2.42. The summed E-state index contributed by atoms with van der Waals surface area (Å²) in [6, 6.07) is 57.4. The summed E-state index contributed by atoms with van der Waals surface area (Å²) in [6.07, 6.45) is 2.16. The van der Waals surface area contributed by atoms with Crippen molar-refractivity contribution in [3.8, 4) is 33.4 Å². The number of allylic oxidation sites excluding steroid dienone is 2. The standard InChI is InChI=1S/C51H42N2O/c1-34(36-17-8-6-9-18-36)31-46(38-20-10-7-11-21-38)52-35(2)42-24-14-15-26-45(42)49-43-25-13-12-19-37(43)27-29-44(49)41-23-16-22-39(32-41)40-28-30-48-47(33-40)53-50(54-48)51(3,4)5/h6-33H,2H2,1,3-5H3/b34-31+,52-46+. The molecule has 0 saturated heterocycles. The lowest BCUT2D eigenvalue weighted by Crippen LogP contribution is -2.10.